The van der Waals surface area contributed by atoms with E-state index in [1.807, 2.05) is 31.3 Å². The first-order valence-corrected chi connectivity index (χ1v) is 5.69. The second-order valence-electron chi connectivity index (χ2n) is 3.96. The summed E-state index contributed by atoms with van der Waals surface area (Å²) < 4.78 is 0. The highest BCUT2D eigenvalue weighted by Crippen LogP contribution is 2.09. The second kappa shape index (κ2) is 6.28. The summed E-state index contributed by atoms with van der Waals surface area (Å²) in [7, 11) is 1.84. The summed E-state index contributed by atoms with van der Waals surface area (Å²) in [4.78, 5) is 13.6. The molecule has 0 aliphatic carbocycles. The van der Waals surface area contributed by atoms with Crippen molar-refractivity contribution >= 4 is 5.91 Å². The van der Waals surface area contributed by atoms with Gasteiger partial charge in [-0.3, -0.25) is 4.79 Å². The normalized spacial score (nSPS) is 10.2. The highest BCUT2D eigenvalue weighted by Gasteiger charge is 2.10. The number of likely N-dealkylation sites (N-methyl/N-ethyl adjacent to an activating group) is 1. The average molecular weight is 220 g/mol. The fraction of sp³-hybridized carbons (Fsp3) is 0.462. The van der Waals surface area contributed by atoms with Crippen molar-refractivity contribution < 1.29 is 4.79 Å². The lowest BCUT2D eigenvalue weighted by Crippen LogP contribution is -2.29. The van der Waals surface area contributed by atoms with Crippen LogP contribution in [0.5, 0.6) is 0 Å². The maximum absolute atomic E-state index is 11.9. The van der Waals surface area contributed by atoms with E-state index < -0.39 is 0 Å². The van der Waals surface area contributed by atoms with Crippen molar-refractivity contribution in [2.24, 2.45) is 5.73 Å². The number of nitrogens with two attached hydrogens (primary N) is 1. The van der Waals surface area contributed by atoms with Crippen molar-refractivity contribution in [3.63, 3.8) is 0 Å². The van der Waals surface area contributed by atoms with Crippen LogP contribution >= 0.6 is 0 Å². The van der Waals surface area contributed by atoms with Crippen molar-refractivity contribution in [2.45, 2.75) is 26.3 Å². The fourth-order valence-electron chi connectivity index (χ4n) is 1.69. The Morgan fingerprint density at radius 2 is 1.94 bits per heavy atom. The number of carbonyl (C=O) groups excluding carboxylic acids is 1. The van der Waals surface area contributed by atoms with Crippen molar-refractivity contribution in [1.29, 1.82) is 0 Å². The van der Waals surface area contributed by atoms with Gasteiger partial charge >= 0.3 is 0 Å². The van der Waals surface area contributed by atoms with Crippen LogP contribution in [-0.4, -0.2) is 24.4 Å². The molecule has 1 aromatic carbocycles. The van der Waals surface area contributed by atoms with Crippen molar-refractivity contribution in [2.75, 3.05) is 13.6 Å². The van der Waals surface area contributed by atoms with Gasteiger partial charge in [0, 0.05) is 20.1 Å². The molecule has 0 fully saturated rings. The Morgan fingerprint density at radius 3 is 2.50 bits per heavy atom. The average Bonchev–Trinajstić information content (AvgIpc) is 2.30. The standard InChI is InChI=1S/C13H20N2O/c1-3-8-15(2)13(16)9-11-6-4-5-7-12(11)10-14/h4-7H,3,8-10,14H2,1-2H3. The van der Waals surface area contributed by atoms with E-state index in [1.165, 1.54) is 0 Å². The lowest BCUT2D eigenvalue weighted by molar-refractivity contribution is -0.129. The van der Waals surface area contributed by atoms with Gasteiger partial charge in [-0.05, 0) is 17.5 Å². The van der Waals surface area contributed by atoms with Crippen LogP contribution in [0.2, 0.25) is 0 Å². The van der Waals surface area contributed by atoms with Gasteiger partial charge in [0.15, 0.2) is 0 Å². The first kappa shape index (κ1) is 12.7. The van der Waals surface area contributed by atoms with Crippen LogP contribution in [0.1, 0.15) is 24.5 Å². The summed E-state index contributed by atoms with van der Waals surface area (Å²) in [5.41, 5.74) is 7.73. The van der Waals surface area contributed by atoms with Crippen LogP contribution in [0.15, 0.2) is 24.3 Å². The van der Waals surface area contributed by atoms with Crippen LogP contribution in [0.3, 0.4) is 0 Å². The summed E-state index contributed by atoms with van der Waals surface area (Å²) >= 11 is 0. The minimum absolute atomic E-state index is 0.155. The molecule has 1 rings (SSSR count). The molecule has 16 heavy (non-hydrogen) atoms. The summed E-state index contributed by atoms with van der Waals surface area (Å²) in [6.45, 7) is 3.36. The van der Waals surface area contributed by atoms with E-state index in [0.717, 1.165) is 24.1 Å². The highest BCUT2D eigenvalue weighted by molar-refractivity contribution is 5.78. The van der Waals surface area contributed by atoms with E-state index in [1.54, 1.807) is 4.90 Å². The maximum atomic E-state index is 11.9. The lowest BCUT2D eigenvalue weighted by Gasteiger charge is -2.17. The Bertz CT molecular complexity index is 350. The second-order valence-corrected chi connectivity index (χ2v) is 3.96. The predicted octanol–water partition coefficient (Wildman–Crippen LogP) is 1.56. The zero-order valence-corrected chi connectivity index (χ0v) is 10.1. The third-order valence-electron chi connectivity index (χ3n) is 2.66. The minimum atomic E-state index is 0.155. The zero-order valence-electron chi connectivity index (χ0n) is 10.1. The number of rotatable bonds is 5. The molecule has 0 aliphatic rings. The Labute approximate surface area is 97.2 Å². The number of amides is 1. The van der Waals surface area contributed by atoms with Gasteiger partial charge < -0.3 is 10.6 Å². The molecule has 0 saturated heterocycles. The SMILES string of the molecule is CCCN(C)C(=O)Cc1ccccc1CN. The molecule has 88 valence electrons. The number of benzene rings is 1. The van der Waals surface area contributed by atoms with E-state index in [0.29, 0.717) is 13.0 Å². The van der Waals surface area contributed by atoms with Gasteiger partial charge in [-0.15, -0.1) is 0 Å². The van der Waals surface area contributed by atoms with Gasteiger partial charge in [0.25, 0.3) is 0 Å². The summed E-state index contributed by atoms with van der Waals surface area (Å²) in [6, 6.07) is 7.84. The van der Waals surface area contributed by atoms with Crippen molar-refractivity contribution in [3.05, 3.63) is 35.4 Å². The van der Waals surface area contributed by atoms with Gasteiger partial charge in [0.1, 0.15) is 0 Å². The molecule has 0 bridgehead atoms. The molecule has 0 saturated carbocycles. The van der Waals surface area contributed by atoms with Crippen LogP contribution in [0.25, 0.3) is 0 Å². The smallest absolute Gasteiger partial charge is 0.226 e. The predicted molar refractivity (Wildman–Crippen MR) is 66.0 cm³/mol. The van der Waals surface area contributed by atoms with Gasteiger partial charge in [-0.2, -0.15) is 0 Å². The van der Waals surface area contributed by atoms with Crippen molar-refractivity contribution in [3.8, 4) is 0 Å². The number of hydrogen-bond donors (Lipinski definition) is 1. The molecular formula is C13H20N2O. The molecule has 0 unspecified atom stereocenters. The van der Waals surface area contributed by atoms with Crippen LogP contribution in [-0.2, 0) is 17.8 Å². The largest absolute Gasteiger partial charge is 0.345 e. The number of hydrogen-bond acceptors (Lipinski definition) is 2. The Hall–Kier alpha value is -1.35. The topological polar surface area (TPSA) is 46.3 Å². The number of carbonyl (C=O) groups is 1. The molecule has 2 N–H and O–H groups in total. The quantitative estimate of drug-likeness (QED) is 0.818. The first-order chi connectivity index (χ1) is 7.69. The monoisotopic (exact) mass is 220 g/mol. The van der Waals surface area contributed by atoms with Gasteiger partial charge in [0.2, 0.25) is 5.91 Å². The summed E-state index contributed by atoms with van der Waals surface area (Å²) in [6.07, 6.45) is 1.44. The van der Waals surface area contributed by atoms with Gasteiger partial charge in [-0.25, -0.2) is 0 Å². The molecular weight excluding hydrogens is 200 g/mol. The van der Waals surface area contributed by atoms with Gasteiger partial charge in [0.05, 0.1) is 6.42 Å². The molecule has 3 heteroatoms. The van der Waals surface area contributed by atoms with E-state index in [2.05, 4.69) is 6.92 Å². The molecule has 3 nitrogen and oxygen atoms in total. The van der Waals surface area contributed by atoms with E-state index in [4.69, 9.17) is 5.73 Å². The van der Waals surface area contributed by atoms with E-state index >= 15 is 0 Å². The highest BCUT2D eigenvalue weighted by atomic mass is 16.2. The Morgan fingerprint density at radius 1 is 1.31 bits per heavy atom. The maximum Gasteiger partial charge on any atom is 0.226 e. The van der Waals surface area contributed by atoms with Crippen LogP contribution < -0.4 is 5.73 Å². The lowest BCUT2D eigenvalue weighted by atomic mass is 10.0. The van der Waals surface area contributed by atoms with Crippen LogP contribution in [0, 0.1) is 0 Å². The molecule has 0 aromatic heterocycles. The summed E-state index contributed by atoms with van der Waals surface area (Å²) in [5, 5.41) is 0. The third kappa shape index (κ3) is 3.35. The third-order valence-corrected chi connectivity index (χ3v) is 2.66. The fourth-order valence-corrected chi connectivity index (χ4v) is 1.69. The van der Waals surface area contributed by atoms with Crippen LogP contribution in [0.4, 0.5) is 0 Å². The summed E-state index contributed by atoms with van der Waals surface area (Å²) in [5.74, 6) is 0.155. The molecule has 1 amide bonds. The van der Waals surface area contributed by atoms with E-state index in [-0.39, 0.29) is 5.91 Å². The molecule has 0 atom stereocenters. The van der Waals surface area contributed by atoms with Gasteiger partial charge in [-0.1, -0.05) is 31.2 Å². The Balaban J connectivity index is 2.69. The molecule has 0 heterocycles. The first-order valence-electron chi connectivity index (χ1n) is 5.69. The zero-order chi connectivity index (χ0) is 12.0. The van der Waals surface area contributed by atoms with E-state index in [9.17, 15) is 4.79 Å². The molecule has 1 aromatic rings. The number of nitrogens with zero attached hydrogens (tertiary/aromatic N) is 1. The molecule has 0 spiro atoms. The molecule has 0 aliphatic heterocycles. The van der Waals surface area contributed by atoms with Crippen molar-refractivity contribution in [1.82, 2.24) is 4.90 Å². The minimum Gasteiger partial charge on any atom is -0.345 e. The Kier molecular flexibility index (Phi) is 4.99. The molecule has 0 radical (unpaired) electrons.